The summed E-state index contributed by atoms with van der Waals surface area (Å²) in [6.45, 7) is 5.33. The van der Waals surface area contributed by atoms with Crippen LogP contribution < -0.4 is 10.2 Å². The number of hydrogen-bond acceptors (Lipinski definition) is 7. The molecule has 3 N–H and O–H groups in total. The molecule has 4 aliphatic rings. The molecule has 238 valence electrons. The summed E-state index contributed by atoms with van der Waals surface area (Å²) >= 11 is 0. The second-order valence-electron chi connectivity index (χ2n) is 13.7. The van der Waals surface area contributed by atoms with Crippen LogP contribution in [0.4, 0.5) is 10.5 Å². The van der Waals surface area contributed by atoms with Crippen LogP contribution in [0.25, 0.3) is 10.9 Å². The number of piperidine rings is 1. The van der Waals surface area contributed by atoms with Crippen LogP contribution in [0.2, 0.25) is 0 Å². The van der Waals surface area contributed by atoms with Gasteiger partial charge in [0.2, 0.25) is 0 Å². The van der Waals surface area contributed by atoms with Crippen molar-refractivity contribution in [3.05, 3.63) is 70.4 Å². The Morgan fingerprint density at radius 1 is 1.11 bits per heavy atom. The number of carbonyl (C=O) groups is 2. The lowest BCUT2D eigenvalue weighted by atomic mass is 9.75. The molecule has 2 saturated heterocycles. The topological polar surface area (TPSA) is 115 Å². The number of nitrogens with one attached hydrogen (secondary N) is 1. The average Bonchev–Trinajstić information content (AvgIpc) is 3.67. The molecule has 3 aromatic rings. The summed E-state index contributed by atoms with van der Waals surface area (Å²) in [5.74, 6) is 0.489. The Kier molecular flexibility index (Phi) is 8.27. The van der Waals surface area contributed by atoms with E-state index in [0.29, 0.717) is 43.0 Å². The van der Waals surface area contributed by atoms with E-state index in [1.165, 1.54) is 18.4 Å². The van der Waals surface area contributed by atoms with E-state index in [0.717, 1.165) is 78.6 Å². The number of cyclic esters (lactones) is 1. The third-order valence-corrected chi connectivity index (χ3v) is 10.9. The van der Waals surface area contributed by atoms with Crippen molar-refractivity contribution in [3.63, 3.8) is 0 Å². The Balaban J connectivity index is 1.06. The number of likely N-dealkylation sites (tertiary alicyclic amines) is 1. The van der Waals surface area contributed by atoms with Crippen molar-refractivity contribution in [2.24, 2.45) is 11.3 Å². The summed E-state index contributed by atoms with van der Waals surface area (Å²) in [6.07, 6.45) is 7.20. The maximum Gasteiger partial charge on any atom is 0.414 e. The van der Waals surface area contributed by atoms with E-state index in [4.69, 9.17) is 9.72 Å². The molecule has 45 heavy (non-hydrogen) atoms. The normalized spacial score (nSPS) is 22.2. The van der Waals surface area contributed by atoms with Gasteiger partial charge in [-0.15, -0.1) is 0 Å². The van der Waals surface area contributed by atoms with Gasteiger partial charge >= 0.3 is 6.09 Å². The van der Waals surface area contributed by atoms with Crippen LogP contribution in [0, 0.1) is 11.3 Å². The fourth-order valence-electron chi connectivity index (χ4n) is 7.74. The van der Waals surface area contributed by atoms with Crippen molar-refractivity contribution in [2.75, 3.05) is 37.7 Å². The number of pyridine rings is 1. The van der Waals surface area contributed by atoms with Gasteiger partial charge in [0, 0.05) is 48.0 Å². The van der Waals surface area contributed by atoms with Gasteiger partial charge in [0.1, 0.15) is 6.61 Å². The standard InChI is InChI=1S/C36H44N4O5/c1-36(13-14-36)25-5-9-32-29(21-25)30(22-41)28-20-24(4-8-31(28)38-32)34(43)37-15-10-33(39-16-11-27(42)12-17-39)23-2-6-26(7-3-23)40-18-19-45-35(40)44/h2-4,6-8,20,25,27,33,41-42H,5,9-19,21-22H2,1H3,(H,37,43)/t25-,33+/m0/s1. The zero-order valence-electron chi connectivity index (χ0n) is 26.1. The lowest BCUT2D eigenvalue weighted by Gasteiger charge is -2.36. The summed E-state index contributed by atoms with van der Waals surface area (Å²) in [7, 11) is 0. The minimum absolute atomic E-state index is 0.0557. The zero-order valence-corrected chi connectivity index (χ0v) is 26.1. The predicted octanol–water partition coefficient (Wildman–Crippen LogP) is 4.91. The third-order valence-electron chi connectivity index (χ3n) is 10.9. The van der Waals surface area contributed by atoms with Gasteiger partial charge in [-0.2, -0.15) is 0 Å². The summed E-state index contributed by atoms with van der Waals surface area (Å²) in [5.41, 5.74) is 6.98. The summed E-state index contributed by atoms with van der Waals surface area (Å²) in [5, 5.41) is 24.6. The Morgan fingerprint density at radius 3 is 2.58 bits per heavy atom. The SMILES string of the molecule is CC1([C@H]2CCc3nc4ccc(C(=O)NCC[C@H](c5ccc(N6CCOC6=O)cc5)N5CCC(O)CC5)cc4c(CO)c3C2)CC1. The van der Waals surface area contributed by atoms with Crippen LogP contribution in [0.3, 0.4) is 0 Å². The second-order valence-corrected chi connectivity index (χ2v) is 13.7. The Bertz CT molecular complexity index is 1580. The predicted molar refractivity (Wildman–Crippen MR) is 172 cm³/mol. The molecular weight excluding hydrogens is 568 g/mol. The van der Waals surface area contributed by atoms with Crippen molar-refractivity contribution in [2.45, 2.75) is 77.0 Å². The number of benzene rings is 2. The van der Waals surface area contributed by atoms with Crippen LogP contribution in [0.5, 0.6) is 0 Å². The van der Waals surface area contributed by atoms with Gasteiger partial charge in [0.25, 0.3) is 5.91 Å². The molecule has 0 bridgehead atoms. The fourth-order valence-corrected chi connectivity index (χ4v) is 7.74. The summed E-state index contributed by atoms with van der Waals surface area (Å²) < 4.78 is 5.09. The highest BCUT2D eigenvalue weighted by Crippen LogP contribution is 2.55. The second kappa shape index (κ2) is 12.3. The molecule has 2 atom stereocenters. The van der Waals surface area contributed by atoms with Crippen molar-refractivity contribution in [1.82, 2.24) is 15.2 Å². The number of aryl methyl sites for hydroxylation is 1. The first kappa shape index (κ1) is 30.1. The Labute approximate surface area is 264 Å². The van der Waals surface area contributed by atoms with Crippen LogP contribution >= 0.6 is 0 Å². The average molecular weight is 613 g/mol. The van der Waals surface area contributed by atoms with Gasteiger partial charge in [-0.25, -0.2) is 4.79 Å². The number of aromatic nitrogens is 1. The van der Waals surface area contributed by atoms with E-state index in [1.54, 1.807) is 4.90 Å². The molecule has 1 saturated carbocycles. The minimum atomic E-state index is -0.320. The van der Waals surface area contributed by atoms with Crippen LogP contribution in [0.15, 0.2) is 42.5 Å². The first-order valence-corrected chi connectivity index (χ1v) is 16.6. The van der Waals surface area contributed by atoms with Gasteiger partial charge in [0.15, 0.2) is 0 Å². The number of amides is 2. The number of nitrogens with zero attached hydrogens (tertiary/aromatic N) is 3. The van der Waals surface area contributed by atoms with E-state index in [1.807, 2.05) is 30.3 Å². The summed E-state index contributed by atoms with van der Waals surface area (Å²) in [4.78, 5) is 34.5. The quantitative estimate of drug-likeness (QED) is 0.315. The highest BCUT2D eigenvalue weighted by molar-refractivity contribution is 5.99. The monoisotopic (exact) mass is 612 g/mol. The molecule has 0 unspecified atom stereocenters. The molecule has 0 radical (unpaired) electrons. The molecule has 9 heteroatoms. The number of fused-ring (bicyclic) bond motifs is 2. The van der Waals surface area contributed by atoms with Crippen molar-refractivity contribution >= 4 is 28.6 Å². The third kappa shape index (κ3) is 6.05. The molecule has 2 aliphatic carbocycles. The first-order chi connectivity index (χ1) is 21.8. The molecule has 9 nitrogen and oxygen atoms in total. The highest BCUT2D eigenvalue weighted by Gasteiger charge is 2.46. The number of hydrogen-bond donors (Lipinski definition) is 3. The Morgan fingerprint density at radius 2 is 1.89 bits per heavy atom. The fraction of sp³-hybridized carbons (Fsp3) is 0.528. The number of aliphatic hydroxyl groups excluding tert-OH is 2. The van der Waals surface area contributed by atoms with Crippen LogP contribution in [-0.4, -0.2) is 71.0 Å². The number of carbonyl (C=O) groups excluding carboxylic acids is 2. The maximum atomic E-state index is 13.4. The van der Waals surface area contributed by atoms with Gasteiger partial charge in [-0.05, 0) is 110 Å². The lowest BCUT2D eigenvalue weighted by molar-refractivity contribution is 0.0579. The van der Waals surface area contributed by atoms with Crippen molar-refractivity contribution in [1.29, 1.82) is 0 Å². The van der Waals surface area contributed by atoms with Crippen LogP contribution in [-0.2, 0) is 24.2 Å². The maximum absolute atomic E-state index is 13.4. The van der Waals surface area contributed by atoms with Gasteiger partial charge in [0.05, 0.1) is 24.8 Å². The number of aliphatic hydroxyl groups is 2. The van der Waals surface area contributed by atoms with Gasteiger partial charge < -0.3 is 20.3 Å². The smallest absolute Gasteiger partial charge is 0.414 e. The van der Waals surface area contributed by atoms with E-state index in [9.17, 15) is 19.8 Å². The van der Waals surface area contributed by atoms with Gasteiger partial charge in [-0.1, -0.05) is 19.1 Å². The van der Waals surface area contributed by atoms with Crippen molar-refractivity contribution < 1.29 is 24.5 Å². The molecule has 2 aliphatic heterocycles. The molecular formula is C36H44N4O5. The number of ether oxygens (including phenoxy) is 1. The number of anilines is 1. The highest BCUT2D eigenvalue weighted by atomic mass is 16.6. The van der Waals surface area contributed by atoms with E-state index in [2.05, 4.69) is 29.3 Å². The van der Waals surface area contributed by atoms with Gasteiger partial charge in [-0.3, -0.25) is 19.6 Å². The van der Waals surface area contributed by atoms with E-state index in [-0.39, 0.29) is 30.8 Å². The molecule has 7 rings (SSSR count). The largest absolute Gasteiger partial charge is 0.447 e. The van der Waals surface area contributed by atoms with E-state index < -0.39 is 0 Å². The molecule has 3 heterocycles. The first-order valence-electron chi connectivity index (χ1n) is 16.6. The molecule has 1 aromatic heterocycles. The lowest BCUT2D eigenvalue weighted by Crippen LogP contribution is -2.40. The van der Waals surface area contributed by atoms with E-state index >= 15 is 0 Å². The van der Waals surface area contributed by atoms with Crippen molar-refractivity contribution in [3.8, 4) is 0 Å². The zero-order chi connectivity index (χ0) is 31.1. The molecule has 2 aromatic carbocycles. The number of rotatable bonds is 9. The molecule has 0 spiro atoms. The molecule has 2 amide bonds. The summed E-state index contributed by atoms with van der Waals surface area (Å²) in [6, 6.07) is 13.7. The molecule has 3 fully saturated rings. The van der Waals surface area contributed by atoms with Crippen LogP contribution in [0.1, 0.15) is 84.2 Å². The minimum Gasteiger partial charge on any atom is -0.447 e. The Hall–Kier alpha value is -3.53.